The summed E-state index contributed by atoms with van der Waals surface area (Å²) in [5, 5.41) is 2.99. The standard InChI is InChI=1S/C18H25ClFNO3/c1-17(2,3)11-18(4,5)21-15(22)10-24-16(23)9-12-13(19)7-6-8-14(12)20/h6-8H,9-11H2,1-5H3,(H,21,22). The van der Waals surface area contributed by atoms with E-state index in [9.17, 15) is 14.0 Å². The van der Waals surface area contributed by atoms with Crippen molar-refractivity contribution in [3.05, 3.63) is 34.6 Å². The maximum absolute atomic E-state index is 13.6. The molecule has 6 heteroatoms. The number of halogens is 2. The van der Waals surface area contributed by atoms with Crippen molar-refractivity contribution in [2.75, 3.05) is 6.61 Å². The number of benzene rings is 1. The van der Waals surface area contributed by atoms with Crippen molar-refractivity contribution >= 4 is 23.5 Å². The summed E-state index contributed by atoms with van der Waals surface area (Å²) < 4.78 is 18.5. The van der Waals surface area contributed by atoms with Gasteiger partial charge in [0.15, 0.2) is 6.61 Å². The summed E-state index contributed by atoms with van der Waals surface area (Å²) >= 11 is 5.86. The van der Waals surface area contributed by atoms with Gasteiger partial charge >= 0.3 is 5.97 Å². The Bertz CT molecular complexity index is 589. The molecule has 4 nitrogen and oxygen atoms in total. The molecule has 24 heavy (non-hydrogen) atoms. The molecule has 0 saturated carbocycles. The van der Waals surface area contributed by atoms with Crippen molar-refractivity contribution in [2.45, 2.75) is 53.0 Å². The largest absolute Gasteiger partial charge is 0.455 e. The van der Waals surface area contributed by atoms with E-state index in [4.69, 9.17) is 16.3 Å². The van der Waals surface area contributed by atoms with E-state index >= 15 is 0 Å². The predicted octanol–water partition coefficient (Wildman–Crippen LogP) is 3.90. The van der Waals surface area contributed by atoms with Gasteiger partial charge in [0, 0.05) is 16.1 Å². The molecule has 1 aromatic carbocycles. The molecule has 0 fully saturated rings. The van der Waals surface area contributed by atoms with Crippen LogP contribution >= 0.6 is 11.6 Å². The Balaban J connectivity index is 2.51. The summed E-state index contributed by atoms with van der Waals surface area (Å²) in [5.41, 5.74) is -0.302. The number of hydrogen-bond donors (Lipinski definition) is 1. The zero-order valence-electron chi connectivity index (χ0n) is 14.8. The fourth-order valence-electron chi connectivity index (χ4n) is 2.83. The lowest BCUT2D eigenvalue weighted by Crippen LogP contribution is -2.47. The van der Waals surface area contributed by atoms with Crippen LogP contribution < -0.4 is 5.32 Å². The Morgan fingerprint density at radius 2 is 1.83 bits per heavy atom. The Morgan fingerprint density at radius 1 is 1.21 bits per heavy atom. The van der Waals surface area contributed by atoms with Gasteiger partial charge in [0.1, 0.15) is 5.82 Å². The van der Waals surface area contributed by atoms with Crippen molar-refractivity contribution in [1.82, 2.24) is 5.32 Å². The second kappa shape index (κ2) is 7.97. The number of hydrogen-bond acceptors (Lipinski definition) is 3. The van der Waals surface area contributed by atoms with E-state index in [1.807, 2.05) is 13.8 Å². The van der Waals surface area contributed by atoms with Crippen LogP contribution in [-0.2, 0) is 20.7 Å². The van der Waals surface area contributed by atoms with E-state index < -0.39 is 29.8 Å². The summed E-state index contributed by atoms with van der Waals surface area (Å²) in [6, 6.07) is 4.17. The molecule has 0 aliphatic heterocycles. The SMILES string of the molecule is CC(C)(C)CC(C)(C)NC(=O)COC(=O)Cc1c(F)cccc1Cl. The number of nitrogens with one attached hydrogen (secondary N) is 1. The first-order valence-corrected chi connectivity index (χ1v) is 8.17. The quantitative estimate of drug-likeness (QED) is 0.786. The molecule has 0 spiro atoms. The average molecular weight is 358 g/mol. The number of carbonyl (C=O) groups excluding carboxylic acids is 2. The maximum atomic E-state index is 13.6. The van der Waals surface area contributed by atoms with Crippen LogP contribution in [0.2, 0.25) is 5.02 Å². The van der Waals surface area contributed by atoms with Gasteiger partial charge in [-0.15, -0.1) is 0 Å². The van der Waals surface area contributed by atoms with Crippen LogP contribution in [0.3, 0.4) is 0 Å². The lowest BCUT2D eigenvalue weighted by molar-refractivity contribution is -0.148. The highest BCUT2D eigenvalue weighted by Gasteiger charge is 2.27. The van der Waals surface area contributed by atoms with E-state index in [0.29, 0.717) is 0 Å². The monoisotopic (exact) mass is 357 g/mol. The van der Waals surface area contributed by atoms with Gasteiger partial charge in [0.05, 0.1) is 6.42 Å². The highest BCUT2D eigenvalue weighted by atomic mass is 35.5. The van der Waals surface area contributed by atoms with Gasteiger partial charge in [-0.2, -0.15) is 0 Å². The van der Waals surface area contributed by atoms with Crippen molar-refractivity contribution in [3.63, 3.8) is 0 Å². The molecule has 1 rings (SSSR count). The van der Waals surface area contributed by atoms with E-state index in [-0.39, 0.29) is 22.4 Å². The molecule has 0 bridgehead atoms. The molecule has 0 aliphatic rings. The van der Waals surface area contributed by atoms with Crippen LogP contribution in [0.5, 0.6) is 0 Å². The van der Waals surface area contributed by atoms with Crippen LogP contribution in [0, 0.1) is 11.2 Å². The highest BCUT2D eigenvalue weighted by Crippen LogP contribution is 2.26. The van der Waals surface area contributed by atoms with Gasteiger partial charge in [-0.25, -0.2) is 4.39 Å². The highest BCUT2D eigenvalue weighted by molar-refractivity contribution is 6.31. The van der Waals surface area contributed by atoms with Gasteiger partial charge in [-0.3, -0.25) is 9.59 Å². The average Bonchev–Trinajstić information content (AvgIpc) is 2.37. The van der Waals surface area contributed by atoms with Gasteiger partial charge < -0.3 is 10.1 Å². The number of amides is 1. The Morgan fingerprint density at radius 3 is 2.38 bits per heavy atom. The van der Waals surface area contributed by atoms with Crippen LogP contribution in [0.1, 0.15) is 46.6 Å². The Labute approximate surface area is 147 Å². The number of ether oxygens (including phenoxy) is 1. The Hall–Kier alpha value is -1.62. The van der Waals surface area contributed by atoms with Crippen LogP contribution in [0.25, 0.3) is 0 Å². The zero-order valence-corrected chi connectivity index (χ0v) is 15.6. The molecule has 0 saturated heterocycles. The van der Waals surface area contributed by atoms with E-state index in [2.05, 4.69) is 26.1 Å². The molecular formula is C18H25ClFNO3. The van der Waals surface area contributed by atoms with Gasteiger partial charge in [-0.1, -0.05) is 38.4 Å². The second-order valence-corrected chi connectivity index (χ2v) is 8.11. The summed E-state index contributed by atoms with van der Waals surface area (Å²) in [6.07, 6.45) is 0.453. The third-order valence-corrected chi connectivity index (χ3v) is 3.55. The van der Waals surface area contributed by atoms with Crippen molar-refractivity contribution < 1.29 is 18.7 Å². The zero-order chi connectivity index (χ0) is 18.5. The fraction of sp³-hybridized carbons (Fsp3) is 0.556. The molecule has 0 aliphatic carbocycles. The minimum absolute atomic E-state index is 0.0506. The first-order valence-electron chi connectivity index (χ1n) is 7.79. The maximum Gasteiger partial charge on any atom is 0.310 e. The molecule has 0 unspecified atom stereocenters. The molecule has 134 valence electrons. The summed E-state index contributed by atoms with van der Waals surface area (Å²) in [4.78, 5) is 23.7. The lowest BCUT2D eigenvalue weighted by atomic mass is 9.82. The lowest BCUT2D eigenvalue weighted by Gasteiger charge is -2.33. The third kappa shape index (κ3) is 7.30. The molecule has 1 amide bonds. The van der Waals surface area contributed by atoms with E-state index in [1.165, 1.54) is 18.2 Å². The van der Waals surface area contributed by atoms with Gasteiger partial charge in [-0.05, 0) is 37.8 Å². The van der Waals surface area contributed by atoms with Crippen LogP contribution in [-0.4, -0.2) is 24.0 Å². The number of rotatable bonds is 6. The molecule has 1 N–H and O–H groups in total. The smallest absolute Gasteiger partial charge is 0.310 e. The normalized spacial score (nSPS) is 12.0. The van der Waals surface area contributed by atoms with Crippen molar-refractivity contribution in [3.8, 4) is 0 Å². The fourth-order valence-corrected chi connectivity index (χ4v) is 3.06. The van der Waals surface area contributed by atoms with E-state index in [0.717, 1.165) is 6.42 Å². The van der Waals surface area contributed by atoms with Gasteiger partial charge in [0.25, 0.3) is 5.91 Å². The molecule has 1 aromatic rings. The minimum Gasteiger partial charge on any atom is -0.455 e. The summed E-state index contributed by atoms with van der Waals surface area (Å²) in [7, 11) is 0. The molecule has 0 radical (unpaired) electrons. The Kier molecular flexibility index (Phi) is 6.78. The topological polar surface area (TPSA) is 55.4 Å². The predicted molar refractivity (Wildman–Crippen MR) is 92.4 cm³/mol. The third-order valence-electron chi connectivity index (χ3n) is 3.20. The minimum atomic E-state index is -0.703. The molecule has 0 heterocycles. The first kappa shape index (κ1) is 20.4. The van der Waals surface area contributed by atoms with Gasteiger partial charge in [0.2, 0.25) is 0 Å². The number of esters is 1. The van der Waals surface area contributed by atoms with Crippen molar-refractivity contribution in [1.29, 1.82) is 0 Å². The van der Waals surface area contributed by atoms with Crippen molar-refractivity contribution in [2.24, 2.45) is 5.41 Å². The summed E-state index contributed by atoms with van der Waals surface area (Å²) in [5.74, 6) is -1.67. The number of carbonyl (C=O) groups is 2. The first-order chi connectivity index (χ1) is 10.9. The second-order valence-electron chi connectivity index (χ2n) is 7.71. The van der Waals surface area contributed by atoms with Crippen LogP contribution in [0.4, 0.5) is 4.39 Å². The molecule has 0 aromatic heterocycles. The molecule has 0 atom stereocenters. The summed E-state index contributed by atoms with van der Waals surface area (Å²) in [6.45, 7) is 9.67. The molecular weight excluding hydrogens is 333 g/mol. The van der Waals surface area contributed by atoms with Crippen LogP contribution in [0.15, 0.2) is 18.2 Å². The van der Waals surface area contributed by atoms with E-state index in [1.54, 1.807) is 0 Å².